The molecule has 0 amide bonds. The normalized spacial score (nSPS) is 19.3. The quantitative estimate of drug-likeness (QED) is 0.530. The summed E-state index contributed by atoms with van der Waals surface area (Å²) in [5.74, 6) is 2.30. The van der Waals surface area contributed by atoms with Crippen molar-refractivity contribution in [2.45, 2.75) is 38.0 Å². The molecule has 1 saturated heterocycles. The topological polar surface area (TPSA) is 73.9 Å². The third-order valence-corrected chi connectivity index (χ3v) is 7.41. The van der Waals surface area contributed by atoms with Gasteiger partial charge < -0.3 is 4.90 Å². The van der Waals surface area contributed by atoms with Crippen molar-refractivity contribution in [2.24, 2.45) is 5.41 Å². The van der Waals surface area contributed by atoms with Crippen LogP contribution in [0.2, 0.25) is 5.02 Å². The molecule has 1 saturated carbocycles. The number of hydrogen-bond donors (Lipinski definition) is 0. The van der Waals surface area contributed by atoms with E-state index in [1.54, 1.807) is 30.5 Å². The van der Waals surface area contributed by atoms with Gasteiger partial charge in [-0.15, -0.1) is 10.2 Å². The van der Waals surface area contributed by atoms with Crippen LogP contribution in [0.25, 0.3) is 5.69 Å². The molecule has 0 unspecified atom stereocenters. The van der Waals surface area contributed by atoms with E-state index in [9.17, 15) is 13.2 Å². The number of nitriles is 1. The van der Waals surface area contributed by atoms with Crippen LogP contribution in [0, 0.1) is 16.7 Å². The number of aromatic nitrogens is 4. The maximum atomic E-state index is 13.2. The number of rotatable bonds is 3. The van der Waals surface area contributed by atoms with Gasteiger partial charge in [0, 0.05) is 42.2 Å². The van der Waals surface area contributed by atoms with Crippen LogP contribution in [-0.2, 0) is 13.1 Å². The predicted octanol–water partition coefficient (Wildman–Crippen LogP) is 4.45. The van der Waals surface area contributed by atoms with Crippen LogP contribution in [0.15, 0.2) is 36.5 Å². The lowest BCUT2D eigenvalue weighted by Crippen LogP contribution is -2.62. The van der Waals surface area contributed by atoms with E-state index in [1.165, 1.54) is 4.90 Å². The van der Waals surface area contributed by atoms with E-state index in [1.807, 2.05) is 10.6 Å². The molecule has 11 heteroatoms. The molecule has 2 aromatic heterocycles. The maximum Gasteiger partial charge on any atom is 0.401 e. The van der Waals surface area contributed by atoms with Gasteiger partial charge in [0.05, 0.1) is 30.4 Å². The second-order valence-electron chi connectivity index (χ2n) is 9.82. The molecule has 0 bridgehead atoms. The molecular weight excluding hydrogens is 479 g/mol. The van der Waals surface area contributed by atoms with Crippen LogP contribution in [0.1, 0.15) is 41.5 Å². The van der Waals surface area contributed by atoms with Crippen molar-refractivity contribution < 1.29 is 13.2 Å². The molecule has 1 aromatic carbocycles. The molecule has 180 valence electrons. The van der Waals surface area contributed by atoms with Crippen LogP contribution >= 0.6 is 11.6 Å². The lowest BCUT2D eigenvalue weighted by molar-refractivity contribution is -0.148. The van der Waals surface area contributed by atoms with Crippen LogP contribution < -0.4 is 4.90 Å². The number of pyridine rings is 1. The largest absolute Gasteiger partial charge is 0.401 e. The Morgan fingerprint density at radius 3 is 2.66 bits per heavy atom. The molecule has 7 nitrogen and oxygen atoms in total. The van der Waals surface area contributed by atoms with E-state index in [2.05, 4.69) is 26.2 Å². The summed E-state index contributed by atoms with van der Waals surface area (Å²) in [6, 6.07) is 11.0. The van der Waals surface area contributed by atoms with E-state index in [4.69, 9.17) is 16.9 Å². The summed E-state index contributed by atoms with van der Waals surface area (Å²) in [5.41, 5.74) is 2.28. The van der Waals surface area contributed by atoms with Gasteiger partial charge in [-0.05, 0) is 48.7 Å². The van der Waals surface area contributed by atoms with Crippen LogP contribution in [0.3, 0.4) is 0 Å². The number of nitrogens with zero attached hydrogens (tertiary/aromatic N) is 7. The Bertz CT molecular complexity index is 1330. The zero-order chi connectivity index (χ0) is 24.4. The van der Waals surface area contributed by atoms with Crippen molar-refractivity contribution >= 4 is 17.4 Å². The molecule has 0 atom stereocenters. The molecule has 0 radical (unpaired) electrons. The van der Waals surface area contributed by atoms with Crippen LogP contribution in [0.5, 0.6) is 0 Å². The van der Waals surface area contributed by atoms with Gasteiger partial charge in [-0.25, -0.2) is 4.98 Å². The molecule has 1 spiro atoms. The van der Waals surface area contributed by atoms with Gasteiger partial charge in [0.25, 0.3) is 0 Å². The summed E-state index contributed by atoms with van der Waals surface area (Å²) >= 11 is 6.19. The molecule has 3 aliphatic rings. The first-order valence-corrected chi connectivity index (χ1v) is 11.7. The molecular formula is C24H21ClF3N7. The second-order valence-corrected chi connectivity index (χ2v) is 10.3. The first kappa shape index (κ1) is 22.3. The summed E-state index contributed by atoms with van der Waals surface area (Å²) in [6.07, 6.45) is -0.807. The maximum absolute atomic E-state index is 13.2. The van der Waals surface area contributed by atoms with Gasteiger partial charge in [0.1, 0.15) is 11.6 Å². The average molecular weight is 500 g/mol. The minimum absolute atomic E-state index is 0.0609. The van der Waals surface area contributed by atoms with Gasteiger partial charge in [-0.1, -0.05) is 11.6 Å². The van der Waals surface area contributed by atoms with Crippen molar-refractivity contribution in [3.63, 3.8) is 0 Å². The highest BCUT2D eigenvalue weighted by molar-refractivity contribution is 6.30. The first-order valence-electron chi connectivity index (χ1n) is 11.4. The Morgan fingerprint density at radius 2 is 1.91 bits per heavy atom. The fourth-order valence-corrected chi connectivity index (χ4v) is 5.93. The molecule has 0 N–H and O–H groups in total. The number of fused-ring (bicyclic) bond motifs is 3. The van der Waals surface area contributed by atoms with E-state index in [0.29, 0.717) is 16.4 Å². The average Bonchev–Trinajstić information content (AvgIpc) is 3.07. The zero-order valence-electron chi connectivity index (χ0n) is 18.6. The molecule has 1 aliphatic carbocycles. The Balaban J connectivity index is 1.23. The SMILES string of the molecule is N#Cc1ccnc(N2CC3(CC(c4nnc5n4-c4ccc(Cl)cc4CN(CC(F)(F)F)C5)C3)C2)c1. The number of alkyl halides is 3. The second kappa shape index (κ2) is 7.93. The standard InChI is InChI=1S/C24H21ClF3N7/c25-18-1-2-19-16(6-18)10-33(14-24(26,27)28)11-21-31-32-22(35(19)21)17-7-23(8-17)12-34(13-23)20-5-15(9-29)3-4-30-20/h1-6,17H,7-8,10-14H2. The highest BCUT2D eigenvalue weighted by Crippen LogP contribution is 2.56. The van der Waals surface area contributed by atoms with E-state index < -0.39 is 12.7 Å². The summed E-state index contributed by atoms with van der Waals surface area (Å²) in [5, 5.41) is 18.4. The number of halogens is 4. The van der Waals surface area contributed by atoms with Crippen LogP contribution in [0.4, 0.5) is 19.0 Å². The van der Waals surface area contributed by atoms with E-state index in [-0.39, 0.29) is 24.4 Å². The van der Waals surface area contributed by atoms with Crippen molar-refractivity contribution in [3.8, 4) is 11.8 Å². The molecule has 6 rings (SSSR count). The number of hydrogen-bond acceptors (Lipinski definition) is 6. The van der Waals surface area contributed by atoms with Crippen LogP contribution in [-0.4, -0.2) is 50.5 Å². The first-order chi connectivity index (χ1) is 16.7. The fraction of sp³-hybridized carbons (Fsp3) is 0.417. The fourth-order valence-electron chi connectivity index (χ4n) is 5.73. The summed E-state index contributed by atoms with van der Waals surface area (Å²) in [6.45, 7) is 0.891. The summed E-state index contributed by atoms with van der Waals surface area (Å²) in [4.78, 5) is 7.90. The van der Waals surface area contributed by atoms with Gasteiger partial charge >= 0.3 is 6.18 Å². The minimum atomic E-state index is -4.31. The monoisotopic (exact) mass is 499 g/mol. The lowest BCUT2D eigenvalue weighted by atomic mass is 9.57. The third kappa shape index (κ3) is 4.02. The summed E-state index contributed by atoms with van der Waals surface area (Å²) in [7, 11) is 0. The Kier molecular flexibility index (Phi) is 5.06. The molecule has 4 heterocycles. The van der Waals surface area contributed by atoms with Gasteiger partial charge in [0.2, 0.25) is 0 Å². The highest BCUT2D eigenvalue weighted by atomic mass is 35.5. The van der Waals surface area contributed by atoms with Crippen molar-refractivity contribution in [1.82, 2.24) is 24.6 Å². The minimum Gasteiger partial charge on any atom is -0.355 e. The summed E-state index contributed by atoms with van der Waals surface area (Å²) < 4.78 is 41.5. The van der Waals surface area contributed by atoms with Crippen molar-refractivity contribution in [1.29, 1.82) is 5.26 Å². The number of benzene rings is 1. The van der Waals surface area contributed by atoms with E-state index >= 15 is 0 Å². The molecule has 35 heavy (non-hydrogen) atoms. The van der Waals surface area contributed by atoms with Crippen molar-refractivity contribution in [3.05, 3.63) is 64.3 Å². The molecule has 2 fully saturated rings. The van der Waals surface area contributed by atoms with Crippen molar-refractivity contribution in [2.75, 3.05) is 24.5 Å². The van der Waals surface area contributed by atoms with Gasteiger partial charge in [-0.2, -0.15) is 18.4 Å². The predicted molar refractivity (Wildman–Crippen MR) is 122 cm³/mol. The van der Waals surface area contributed by atoms with Gasteiger partial charge in [0.15, 0.2) is 5.82 Å². The number of anilines is 1. The Morgan fingerprint density at radius 1 is 1.11 bits per heavy atom. The Hall–Kier alpha value is -3.16. The molecule has 2 aliphatic heterocycles. The Labute approximate surface area is 204 Å². The third-order valence-electron chi connectivity index (χ3n) is 7.17. The lowest BCUT2D eigenvalue weighted by Gasteiger charge is -2.59. The van der Waals surface area contributed by atoms with Gasteiger partial charge in [-0.3, -0.25) is 9.47 Å². The molecule has 3 aromatic rings. The van der Waals surface area contributed by atoms with E-state index in [0.717, 1.165) is 48.8 Å². The zero-order valence-corrected chi connectivity index (χ0v) is 19.4. The highest BCUT2D eigenvalue weighted by Gasteiger charge is 2.54. The smallest absolute Gasteiger partial charge is 0.355 e.